The van der Waals surface area contributed by atoms with Crippen LogP contribution in [-0.2, 0) is 6.18 Å². The fourth-order valence-corrected chi connectivity index (χ4v) is 3.12. The third-order valence-corrected chi connectivity index (χ3v) is 4.50. The Labute approximate surface area is 166 Å². The van der Waals surface area contributed by atoms with Gasteiger partial charge in [-0.15, -0.1) is 0 Å². The number of aromatic amines is 1. The summed E-state index contributed by atoms with van der Waals surface area (Å²) in [7, 11) is 0. The maximum atomic E-state index is 12.8. The average molecular weight is 414 g/mol. The standard InChI is InChI=1S/C17H25F3N8O/c1-10(2)23-15-25-14(21-5-8-29)26-16(27-15)28-6-3-11(4-7-28)13-22-9-12(24-13)17(18,19)20/h9-11,29H,3-8H2,1-2H3,(H,22,24)(H2,21,23,25,26,27). The molecule has 0 bridgehead atoms. The number of rotatable bonds is 7. The number of piperidine rings is 1. The second kappa shape index (κ2) is 8.80. The van der Waals surface area contributed by atoms with Crippen LogP contribution in [0.4, 0.5) is 31.0 Å². The molecular formula is C17H25F3N8O. The summed E-state index contributed by atoms with van der Waals surface area (Å²) in [6.07, 6.45) is -2.32. The van der Waals surface area contributed by atoms with Crippen molar-refractivity contribution >= 4 is 17.8 Å². The number of aliphatic hydroxyl groups is 1. The molecule has 2 aromatic heterocycles. The Morgan fingerprint density at radius 2 is 1.90 bits per heavy atom. The van der Waals surface area contributed by atoms with E-state index in [0.717, 1.165) is 6.20 Å². The predicted octanol–water partition coefficient (Wildman–Crippen LogP) is 2.22. The largest absolute Gasteiger partial charge is 0.432 e. The lowest BCUT2D eigenvalue weighted by Crippen LogP contribution is -2.35. The molecule has 0 saturated carbocycles. The molecule has 3 heterocycles. The number of nitrogens with one attached hydrogen (secondary N) is 3. The smallest absolute Gasteiger partial charge is 0.395 e. The minimum absolute atomic E-state index is 0.0532. The summed E-state index contributed by atoms with van der Waals surface area (Å²) in [5.74, 6) is 1.55. The monoisotopic (exact) mass is 414 g/mol. The first kappa shape index (κ1) is 21.1. The van der Waals surface area contributed by atoms with Crippen LogP contribution in [0, 0.1) is 0 Å². The number of hydrogen-bond acceptors (Lipinski definition) is 8. The molecule has 0 atom stereocenters. The predicted molar refractivity (Wildman–Crippen MR) is 102 cm³/mol. The molecule has 0 aliphatic carbocycles. The first-order chi connectivity index (χ1) is 13.8. The van der Waals surface area contributed by atoms with Crippen LogP contribution in [0.15, 0.2) is 6.20 Å². The van der Waals surface area contributed by atoms with Crippen LogP contribution in [0.25, 0.3) is 0 Å². The Morgan fingerprint density at radius 1 is 1.21 bits per heavy atom. The number of nitrogens with zero attached hydrogens (tertiary/aromatic N) is 5. The van der Waals surface area contributed by atoms with Crippen molar-refractivity contribution in [2.24, 2.45) is 0 Å². The molecule has 0 unspecified atom stereocenters. The fourth-order valence-electron chi connectivity index (χ4n) is 3.12. The molecule has 160 valence electrons. The van der Waals surface area contributed by atoms with Gasteiger partial charge in [0.1, 0.15) is 11.5 Å². The molecule has 1 aliphatic rings. The number of hydrogen-bond donors (Lipinski definition) is 4. The van der Waals surface area contributed by atoms with Gasteiger partial charge in [-0.05, 0) is 26.7 Å². The third-order valence-electron chi connectivity index (χ3n) is 4.50. The number of halogens is 3. The van der Waals surface area contributed by atoms with Crippen LogP contribution in [-0.4, -0.2) is 62.3 Å². The molecule has 2 aromatic rings. The van der Waals surface area contributed by atoms with Crippen molar-refractivity contribution < 1.29 is 18.3 Å². The minimum Gasteiger partial charge on any atom is -0.395 e. The lowest BCUT2D eigenvalue weighted by atomic mass is 9.96. The average Bonchev–Trinajstić information content (AvgIpc) is 3.16. The molecule has 0 amide bonds. The summed E-state index contributed by atoms with van der Waals surface area (Å²) in [6.45, 7) is 5.35. The van der Waals surface area contributed by atoms with Gasteiger partial charge in [-0.2, -0.15) is 28.1 Å². The van der Waals surface area contributed by atoms with Gasteiger partial charge in [-0.25, -0.2) is 4.98 Å². The summed E-state index contributed by atoms with van der Waals surface area (Å²) >= 11 is 0. The zero-order valence-electron chi connectivity index (χ0n) is 16.3. The van der Waals surface area contributed by atoms with Crippen molar-refractivity contribution in [3.8, 4) is 0 Å². The number of H-pyrrole nitrogens is 1. The van der Waals surface area contributed by atoms with Crippen molar-refractivity contribution in [2.45, 2.75) is 44.8 Å². The van der Waals surface area contributed by atoms with Crippen LogP contribution < -0.4 is 15.5 Å². The second-order valence-electron chi connectivity index (χ2n) is 7.17. The Bertz CT molecular complexity index is 802. The summed E-state index contributed by atoms with van der Waals surface area (Å²) in [6, 6.07) is 0.128. The van der Waals surface area contributed by atoms with E-state index in [1.54, 1.807) is 0 Å². The summed E-state index contributed by atoms with van der Waals surface area (Å²) in [4.78, 5) is 21.4. The normalized spacial score (nSPS) is 15.8. The topological polar surface area (TPSA) is 115 Å². The molecule has 0 aromatic carbocycles. The second-order valence-corrected chi connectivity index (χ2v) is 7.17. The van der Waals surface area contributed by atoms with Crippen molar-refractivity contribution in [3.63, 3.8) is 0 Å². The summed E-state index contributed by atoms with van der Waals surface area (Å²) in [5.41, 5.74) is -0.823. The number of aliphatic hydroxyl groups excluding tert-OH is 1. The highest BCUT2D eigenvalue weighted by Gasteiger charge is 2.34. The lowest BCUT2D eigenvalue weighted by molar-refractivity contribution is -0.141. The van der Waals surface area contributed by atoms with E-state index in [9.17, 15) is 13.2 Å². The van der Waals surface area contributed by atoms with Gasteiger partial charge in [0.2, 0.25) is 17.8 Å². The van der Waals surface area contributed by atoms with Crippen molar-refractivity contribution in [1.82, 2.24) is 24.9 Å². The van der Waals surface area contributed by atoms with Crippen LogP contribution in [0.3, 0.4) is 0 Å². The van der Waals surface area contributed by atoms with E-state index in [4.69, 9.17) is 5.11 Å². The van der Waals surface area contributed by atoms with Crippen LogP contribution in [0.5, 0.6) is 0 Å². The van der Waals surface area contributed by atoms with Gasteiger partial charge < -0.3 is 25.6 Å². The van der Waals surface area contributed by atoms with Crippen LogP contribution in [0.1, 0.15) is 44.1 Å². The Balaban J connectivity index is 1.70. The van der Waals surface area contributed by atoms with E-state index in [2.05, 4.69) is 35.6 Å². The highest BCUT2D eigenvalue weighted by molar-refractivity contribution is 5.44. The molecule has 0 spiro atoms. The molecule has 3 rings (SSSR count). The van der Waals surface area contributed by atoms with E-state index in [1.807, 2.05) is 18.7 Å². The van der Waals surface area contributed by atoms with Gasteiger partial charge in [0.25, 0.3) is 0 Å². The first-order valence-corrected chi connectivity index (χ1v) is 9.50. The van der Waals surface area contributed by atoms with Gasteiger partial charge >= 0.3 is 6.18 Å². The van der Waals surface area contributed by atoms with Gasteiger partial charge in [0, 0.05) is 31.6 Å². The highest BCUT2D eigenvalue weighted by Crippen LogP contribution is 2.32. The molecule has 0 radical (unpaired) electrons. The summed E-state index contributed by atoms with van der Waals surface area (Å²) < 4.78 is 38.3. The van der Waals surface area contributed by atoms with Gasteiger partial charge in [-0.3, -0.25) is 0 Å². The zero-order chi connectivity index (χ0) is 21.0. The first-order valence-electron chi connectivity index (χ1n) is 9.50. The van der Waals surface area contributed by atoms with Gasteiger partial charge in [0.15, 0.2) is 0 Å². The van der Waals surface area contributed by atoms with Crippen molar-refractivity contribution in [1.29, 1.82) is 0 Å². The molecule has 1 fully saturated rings. The number of anilines is 3. The maximum absolute atomic E-state index is 12.8. The van der Waals surface area contributed by atoms with E-state index in [0.29, 0.717) is 56.1 Å². The third kappa shape index (κ3) is 5.46. The van der Waals surface area contributed by atoms with E-state index in [1.165, 1.54) is 0 Å². The van der Waals surface area contributed by atoms with E-state index >= 15 is 0 Å². The molecule has 9 nitrogen and oxygen atoms in total. The maximum Gasteiger partial charge on any atom is 0.432 e. The van der Waals surface area contributed by atoms with Gasteiger partial charge in [-0.1, -0.05) is 0 Å². The Kier molecular flexibility index (Phi) is 6.40. The molecule has 1 saturated heterocycles. The van der Waals surface area contributed by atoms with Crippen LogP contribution in [0.2, 0.25) is 0 Å². The quantitative estimate of drug-likeness (QED) is 0.545. The molecular weight excluding hydrogens is 389 g/mol. The minimum atomic E-state index is -4.42. The molecule has 4 N–H and O–H groups in total. The van der Waals surface area contributed by atoms with E-state index in [-0.39, 0.29) is 18.6 Å². The molecule has 1 aliphatic heterocycles. The lowest BCUT2D eigenvalue weighted by Gasteiger charge is -2.31. The van der Waals surface area contributed by atoms with Gasteiger partial charge in [0.05, 0.1) is 12.8 Å². The fraction of sp³-hybridized carbons (Fsp3) is 0.647. The van der Waals surface area contributed by atoms with Crippen LogP contribution >= 0.6 is 0 Å². The highest BCUT2D eigenvalue weighted by atomic mass is 19.4. The SMILES string of the molecule is CC(C)Nc1nc(NCCO)nc(N2CCC(c3ncc(C(F)(F)F)[nH]3)CC2)n1. The zero-order valence-corrected chi connectivity index (χ0v) is 16.3. The number of alkyl halides is 3. The Hall–Kier alpha value is -2.63. The summed E-state index contributed by atoms with van der Waals surface area (Å²) in [5, 5.41) is 15.1. The number of imidazole rings is 1. The van der Waals surface area contributed by atoms with Crippen molar-refractivity contribution in [3.05, 3.63) is 17.7 Å². The van der Waals surface area contributed by atoms with E-state index < -0.39 is 11.9 Å². The Morgan fingerprint density at radius 3 is 2.48 bits per heavy atom. The molecule has 12 heteroatoms. The van der Waals surface area contributed by atoms with Crippen molar-refractivity contribution in [2.75, 3.05) is 41.8 Å². The molecule has 29 heavy (non-hydrogen) atoms. The number of aromatic nitrogens is 5.